The van der Waals surface area contributed by atoms with Crippen molar-refractivity contribution in [1.82, 2.24) is 0 Å². The second kappa shape index (κ2) is 8.85. The fourth-order valence-corrected chi connectivity index (χ4v) is 3.42. The van der Waals surface area contributed by atoms with E-state index in [1.165, 1.54) is 10.8 Å². The average molecular weight is 415 g/mol. The monoisotopic (exact) mass is 414 g/mol. The van der Waals surface area contributed by atoms with Gasteiger partial charge in [-0.05, 0) is 52.2 Å². The molecule has 0 saturated carbocycles. The van der Waals surface area contributed by atoms with Crippen LogP contribution in [0.2, 0.25) is 5.02 Å². The van der Waals surface area contributed by atoms with Crippen LogP contribution in [0.1, 0.15) is 21.5 Å². The summed E-state index contributed by atoms with van der Waals surface area (Å²) in [5, 5.41) is 2.86. The number of halogens is 1. The summed E-state index contributed by atoms with van der Waals surface area (Å²) < 4.78 is 10.9. The zero-order valence-corrected chi connectivity index (χ0v) is 17.1. The molecule has 4 rings (SSSR count). The third-order valence-corrected chi connectivity index (χ3v) is 4.96. The molecular weight excluding hydrogens is 396 g/mol. The minimum atomic E-state index is -0.491. The van der Waals surface area contributed by atoms with Gasteiger partial charge in [-0.1, -0.05) is 78.4 Å². The summed E-state index contributed by atoms with van der Waals surface area (Å²) in [4.78, 5) is 12.4. The molecule has 0 unspecified atom stereocenters. The SMILES string of the molecule is COc1cc(/C=C/c2cccc3ccccc23)ccc1OC(=O)c1cccc(Cl)c1. The molecule has 0 aliphatic rings. The molecule has 0 spiro atoms. The van der Waals surface area contributed by atoms with Crippen LogP contribution in [0.3, 0.4) is 0 Å². The summed E-state index contributed by atoms with van der Waals surface area (Å²) in [5.41, 5.74) is 2.44. The van der Waals surface area contributed by atoms with Gasteiger partial charge in [0.25, 0.3) is 0 Å². The Morgan fingerprint density at radius 3 is 2.47 bits per heavy atom. The number of hydrogen-bond donors (Lipinski definition) is 0. The number of carbonyl (C=O) groups is 1. The Kier molecular flexibility index (Phi) is 5.82. The highest BCUT2D eigenvalue weighted by Crippen LogP contribution is 2.30. The van der Waals surface area contributed by atoms with Gasteiger partial charge in [0.1, 0.15) is 0 Å². The Labute approximate surface area is 180 Å². The maximum atomic E-state index is 12.4. The number of benzene rings is 4. The average Bonchev–Trinajstić information content (AvgIpc) is 2.78. The van der Waals surface area contributed by atoms with E-state index >= 15 is 0 Å². The first-order valence-corrected chi connectivity index (χ1v) is 9.83. The normalized spacial score (nSPS) is 11.0. The van der Waals surface area contributed by atoms with Crippen LogP contribution < -0.4 is 9.47 Å². The van der Waals surface area contributed by atoms with E-state index in [2.05, 4.69) is 30.3 Å². The van der Waals surface area contributed by atoms with Gasteiger partial charge in [0.05, 0.1) is 12.7 Å². The maximum absolute atomic E-state index is 12.4. The van der Waals surface area contributed by atoms with Crippen LogP contribution in [0.25, 0.3) is 22.9 Å². The van der Waals surface area contributed by atoms with Crippen LogP contribution in [-0.4, -0.2) is 13.1 Å². The van der Waals surface area contributed by atoms with Gasteiger partial charge in [-0.3, -0.25) is 0 Å². The van der Waals surface area contributed by atoms with Crippen molar-refractivity contribution in [2.75, 3.05) is 7.11 Å². The molecule has 0 radical (unpaired) electrons. The zero-order chi connectivity index (χ0) is 20.9. The first-order valence-electron chi connectivity index (χ1n) is 9.46. The van der Waals surface area contributed by atoms with Gasteiger partial charge in [0, 0.05) is 5.02 Å². The number of hydrogen-bond acceptors (Lipinski definition) is 3. The molecule has 0 atom stereocenters. The van der Waals surface area contributed by atoms with E-state index < -0.39 is 5.97 Å². The van der Waals surface area contributed by atoms with Crippen LogP contribution in [0, 0.1) is 0 Å². The van der Waals surface area contributed by atoms with E-state index in [-0.39, 0.29) is 0 Å². The Balaban J connectivity index is 1.57. The summed E-state index contributed by atoms with van der Waals surface area (Å²) >= 11 is 5.95. The quantitative estimate of drug-likeness (QED) is 0.202. The van der Waals surface area contributed by atoms with Crippen molar-refractivity contribution in [1.29, 1.82) is 0 Å². The largest absolute Gasteiger partial charge is 0.493 e. The number of methoxy groups -OCH3 is 1. The van der Waals surface area contributed by atoms with Crippen LogP contribution in [0.4, 0.5) is 0 Å². The van der Waals surface area contributed by atoms with E-state index in [1.54, 1.807) is 37.4 Å². The molecule has 0 bridgehead atoms. The third-order valence-electron chi connectivity index (χ3n) is 4.73. The number of fused-ring (bicyclic) bond motifs is 1. The number of ether oxygens (including phenoxy) is 2. The second-order valence-corrected chi connectivity index (χ2v) is 7.15. The van der Waals surface area contributed by atoms with Crippen molar-refractivity contribution < 1.29 is 14.3 Å². The van der Waals surface area contributed by atoms with E-state index in [0.717, 1.165) is 11.1 Å². The fraction of sp³-hybridized carbons (Fsp3) is 0.0385. The minimum absolute atomic E-state index is 0.352. The lowest BCUT2D eigenvalue weighted by atomic mass is 10.0. The molecule has 4 aromatic carbocycles. The van der Waals surface area contributed by atoms with Gasteiger partial charge >= 0.3 is 5.97 Å². The number of esters is 1. The van der Waals surface area contributed by atoms with Crippen molar-refractivity contribution in [3.05, 3.63) is 107 Å². The molecule has 0 N–H and O–H groups in total. The van der Waals surface area contributed by atoms with Crippen LogP contribution >= 0.6 is 11.6 Å². The van der Waals surface area contributed by atoms with E-state index in [0.29, 0.717) is 22.1 Å². The number of rotatable bonds is 5. The van der Waals surface area contributed by atoms with Crippen molar-refractivity contribution in [3.63, 3.8) is 0 Å². The molecule has 4 heteroatoms. The summed E-state index contributed by atoms with van der Waals surface area (Å²) in [6, 6.07) is 26.6. The zero-order valence-electron chi connectivity index (χ0n) is 16.3. The van der Waals surface area contributed by atoms with Gasteiger partial charge in [0.15, 0.2) is 11.5 Å². The van der Waals surface area contributed by atoms with Crippen LogP contribution in [0.15, 0.2) is 84.9 Å². The van der Waals surface area contributed by atoms with Gasteiger partial charge in [-0.15, -0.1) is 0 Å². The fourth-order valence-electron chi connectivity index (χ4n) is 3.23. The molecule has 0 heterocycles. The molecule has 4 aromatic rings. The van der Waals surface area contributed by atoms with Gasteiger partial charge < -0.3 is 9.47 Å². The van der Waals surface area contributed by atoms with Crippen molar-refractivity contribution in [3.8, 4) is 11.5 Å². The van der Waals surface area contributed by atoms with Crippen molar-refractivity contribution in [2.45, 2.75) is 0 Å². The molecule has 0 amide bonds. The van der Waals surface area contributed by atoms with Crippen molar-refractivity contribution in [2.24, 2.45) is 0 Å². The highest BCUT2D eigenvalue weighted by molar-refractivity contribution is 6.30. The molecular formula is C26H19ClO3. The third kappa shape index (κ3) is 4.37. The first-order chi connectivity index (χ1) is 14.6. The lowest BCUT2D eigenvalue weighted by molar-refractivity contribution is 0.0729. The van der Waals surface area contributed by atoms with E-state index in [9.17, 15) is 4.79 Å². The smallest absolute Gasteiger partial charge is 0.343 e. The van der Waals surface area contributed by atoms with E-state index in [1.807, 2.05) is 36.4 Å². The van der Waals surface area contributed by atoms with Crippen LogP contribution in [-0.2, 0) is 0 Å². The summed E-state index contributed by atoms with van der Waals surface area (Å²) in [7, 11) is 1.55. The summed E-state index contributed by atoms with van der Waals surface area (Å²) in [6.07, 6.45) is 4.07. The predicted molar refractivity (Wildman–Crippen MR) is 122 cm³/mol. The lowest BCUT2D eigenvalue weighted by Gasteiger charge is -2.10. The van der Waals surface area contributed by atoms with E-state index in [4.69, 9.17) is 21.1 Å². The molecule has 3 nitrogen and oxygen atoms in total. The van der Waals surface area contributed by atoms with Gasteiger partial charge in [-0.25, -0.2) is 4.79 Å². The molecule has 0 saturated heterocycles. The van der Waals surface area contributed by atoms with Gasteiger partial charge in [0.2, 0.25) is 0 Å². The summed E-state index contributed by atoms with van der Waals surface area (Å²) in [5.74, 6) is 0.338. The first kappa shape index (κ1) is 19.7. The standard InChI is InChI=1S/C26H19ClO3/c1-29-25-16-18(12-14-20-8-4-7-19-6-2-3-11-23(19)20)13-15-24(25)30-26(28)21-9-5-10-22(27)17-21/h2-17H,1H3/b14-12+. The predicted octanol–water partition coefficient (Wildman–Crippen LogP) is 6.89. The molecule has 0 aliphatic carbocycles. The molecule has 0 fully saturated rings. The second-order valence-electron chi connectivity index (χ2n) is 6.71. The van der Waals surface area contributed by atoms with Crippen molar-refractivity contribution >= 4 is 40.5 Å². The maximum Gasteiger partial charge on any atom is 0.343 e. The number of carbonyl (C=O) groups excluding carboxylic acids is 1. The Morgan fingerprint density at radius 1 is 0.833 bits per heavy atom. The molecule has 0 aliphatic heterocycles. The Bertz CT molecular complexity index is 1240. The Morgan fingerprint density at radius 2 is 1.63 bits per heavy atom. The molecule has 148 valence electrons. The minimum Gasteiger partial charge on any atom is -0.493 e. The topological polar surface area (TPSA) is 35.5 Å². The summed E-state index contributed by atoms with van der Waals surface area (Å²) in [6.45, 7) is 0. The molecule has 30 heavy (non-hydrogen) atoms. The Hall–Kier alpha value is -3.56. The highest BCUT2D eigenvalue weighted by Gasteiger charge is 2.13. The van der Waals surface area contributed by atoms with Crippen LogP contribution in [0.5, 0.6) is 11.5 Å². The lowest BCUT2D eigenvalue weighted by Crippen LogP contribution is -2.09. The molecule has 0 aromatic heterocycles. The highest BCUT2D eigenvalue weighted by atomic mass is 35.5. The van der Waals surface area contributed by atoms with Gasteiger partial charge in [-0.2, -0.15) is 0 Å².